The van der Waals surface area contributed by atoms with Gasteiger partial charge in [-0.2, -0.15) is 4.98 Å². The summed E-state index contributed by atoms with van der Waals surface area (Å²) < 4.78 is 10.7. The van der Waals surface area contributed by atoms with Crippen LogP contribution in [0.2, 0.25) is 0 Å². The lowest BCUT2D eigenvalue weighted by molar-refractivity contribution is 0.0683. The van der Waals surface area contributed by atoms with Crippen molar-refractivity contribution in [2.24, 2.45) is 0 Å². The van der Waals surface area contributed by atoms with Crippen molar-refractivity contribution < 1.29 is 9.26 Å². The van der Waals surface area contributed by atoms with Crippen LogP contribution in [-0.4, -0.2) is 33.7 Å². The Morgan fingerprint density at radius 3 is 2.95 bits per heavy atom. The van der Waals surface area contributed by atoms with Crippen LogP contribution in [0.3, 0.4) is 0 Å². The fourth-order valence-corrected chi connectivity index (χ4v) is 2.53. The summed E-state index contributed by atoms with van der Waals surface area (Å²) in [6.45, 7) is 5.78. The summed E-state index contributed by atoms with van der Waals surface area (Å²) in [5, 5.41) is 4.51. The molecule has 0 bridgehead atoms. The molecule has 0 aromatic carbocycles. The fourth-order valence-electron chi connectivity index (χ4n) is 1.77. The van der Waals surface area contributed by atoms with Gasteiger partial charge in [0.25, 0.3) is 0 Å². The van der Waals surface area contributed by atoms with E-state index < -0.39 is 0 Å². The van der Waals surface area contributed by atoms with Gasteiger partial charge in [-0.25, -0.2) is 4.98 Å². The van der Waals surface area contributed by atoms with Crippen LogP contribution in [0.15, 0.2) is 10.7 Å². The number of aromatic nitrogens is 3. The van der Waals surface area contributed by atoms with Crippen LogP contribution in [0.1, 0.15) is 36.5 Å². The molecular weight excluding hydrogens is 278 g/mol. The van der Waals surface area contributed by atoms with Crippen LogP contribution in [0.4, 0.5) is 5.13 Å². The molecule has 20 heavy (non-hydrogen) atoms. The minimum absolute atomic E-state index is 0.149. The summed E-state index contributed by atoms with van der Waals surface area (Å²) in [6.07, 6.45) is 1.64. The molecule has 7 nitrogen and oxygen atoms in total. The molecule has 2 rings (SSSR count). The van der Waals surface area contributed by atoms with E-state index in [-0.39, 0.29) is 6.10 Å². The summed E-state index contributed by atoms with van der Waals surface area (Å²) in [4.78, 5) is 11.5. The molecule has 0 fully saturated rings. The highest BCUT2D eigenvalue weighted by Gasteiger charge is 2.15. The molecular formula is C12H19N5O2S. The maximum atomic E-state index is 5.61. The van der Waals surface area contributed by atoms with Crippen molar-refractivity contribution in [1.82, 2.24) is 20.0 Å². The molecule has 0 aliphatic rings. The number of nitrogens with zero attached hydrogens (tertiary/aromatic N) is 4. The van der Waals surface area contributed by atoms with Gasteiger partial charge < -0.3 is 15.0 Å². The van der Waals surface area contributed by atoms with Gasteiger partial charge in [0.2, 0.25) is 5.89 Å². The Bertz CT molecular complexity index is 541. The van der Waals surface area contributed by atoms with E-state index >= 15 is 0 Å². The first-order valence-corrected chi connectivity index (χ1v) is 7.23. The zero-order valence-electron chi connectivity index (χ0n) is 11.9. The molecule has 1 atom stereocenters. The largest absolute Gasteiger partial charge is 0.375 e. The molecule has 0 aliphatic carbocycles. The standard InChI is InChI=1S/C12H19N5O2S/c1-4-18-8(2)11-15-10(19-16-11)7-17(3)6-9-5-14-12(13)20-9/h5,8H,4,6-7H2,1-3H3,(H2,13,14). The molecule has 0 saturated carbocycles. The van der Waals surface area contributed by atoms with E-state index in [1.165, 1.54) is 11.3 Å². The van der Waals surface area contributed by atoms with Gasteiger partial charge >= 0.3 is 0 Å². The Labute approximate surface area is 121 Å². The van der Waals surface area contributed by atoms with E-state index in [9.17, 15) is 0 Å². The Morgan fingerprint density at radius 2 is 2.30 bits per heavy atom. The van der Waals surface area contributed by atoms with Gasteiger partial charge in [0.05, 0.1) is 6.54 Å². The van der Waals surface area contributed by atoms with Gasteiger partial charge in [0.1, 0.15) is 6.10 Å². The zero-order chi connectivity index (χ0) is 14.5. The average molecular weight is 297 g/mol. The molecule has 0 saturated heterocycles. The molecule has 1 unspecified atom stereocenters. The van der Waals surface area contributed by atoms with Gasteiger partial charge in [0, 0.05) is 24.2 Å². The summed E-state index contributed by atoms with van der Waals surface area (Å²) in [5.74, 6) is 1.16. The van der Waals surface area contributed by atoms with Gasteiger partial charge in [-0.1, -0.05) is 5.16 Å². The van der Waals surface area contributed by atoms with Crippen molar-refractivity contribution in [2.45, 2.75) is 33.0 Å². The number of hydrogen-bond donors (Lipinski definition) is 1. The molecule has 0 aliphatic heterocycles. The molecule has 8 heteroatoms. The van der Waals surface area contributed by atoms with Crippen molar-refractivity contribution in [1.29, 1.82) is 0 Å². The molecule has 0 spiro atoms. The van der Waals surface area contributed by atoms with Crippen LogP contribution < -0.4 is 5.73 Å². The lowest BCUT2D eigenvalue weighted by atomic mass is 10.4. The molecule has 2 N–H and O–H groups in total. The van der Waals surface area contributed by atoms with Crippen molar-refractivity contribution in [2.75, 3.05) is 19.4 Å². The lowest BCUT2D eigenvalue weighted by Crippen LogP contribution is -2.16. The smallest absolute Gasteiger partial charge is 0.240 e. The first kappa shape index (κ1) is 14.9. The molecule has 0 radical (unpaired) electrons. The van der Waals surface area contributed by atoms with Gasteiger partial charge in [-0.3, -0.25) is 4.90 Å². The second-order valence-corrected chi connectivity index (χ2v) is 5.63. The number of hydrogen-bond acceptors (Lipinski definition) is 8. The predicted octanol–water partition coefficient (Wildman–Crippen LogP) is 1.84. The highest BCUT2D eigenvalue weighted by Crippen LogP contribution is 2.17. The second kappa shape index (κ2) is 6.78. The minimum atomic E-state index is -0.149. The van der Waals surface area contributed by atoms with E-state index in [0.29, 0.717) is 30.0 Å². The van der Waals surface area contributed by atoms with Crippen LogP contribution in [0.25, 0.3) is 0 Å². The van der Waals surface area contributed by atoms with Gasteiger partial charge in [-0.15, -0.1) is 11.3 Å². The summed E-state index contributed by atoms with van der Waals surface area (Å²) in [5.41, 5.74) is 5.61. The highest BCUT2D eigenvalue weighted by molar-refractivity contribution is 7.15. The van der Waals surface area contributed by atoms with Crippen molar-refractivity contribution in [3.63, 3.8) is 0 Å². The summed E-state index contributed by atoms with van der Waals surface area (Å²) in [7, 11) is 1.98. The predicted molar refractivity (Wildman–Crippen MR) is 76.0 cm³/mol. The quantitative estimate of drug-likeness (QED) is 0.833. The highest BCUT2D eigenvalue weighted by atomic mass is 32.1. The normalized spacial score (nSPS) is 13.0. The lowest BCUT2D eigenvalue weighted by Gasteiger charge is -2.11. The third-order valence-electron chi connectivity index (χ3n) is 2.67. The van der Waals surface area contributed by atoms with E-state index in [4.69, 9.17) is 15.0 Å². The van der Waals surface area contributed by atoms with Gasteiger partial charge in [0.15, 0.2) is 11.0 Å². The Kier molecular flexibility index (Phi) is 5.05. The third-order valence-corrected chi connectivity index (χ3v) is 3.48. The topological polar surface area (TPSA) is 90.3 Å². The number of nitrogen functional groups attached to an aromatic ring is 1. The van der Waals surface area contributed by atoms with E-state index in [2.05, 4.69) is 20.0 Å². The molecule has 2 heterocycles. The van der Waals surface area contributed by atoms with Crippen LogP contribution in [0, 0.1) is 0 Å². The number of thiazole rings is 1. The van der Waals surface area contributed by atoms with E-state index in [1.807, 2.05) is 20.9 Å². The minimum Gasteiger partial charge on any atom is -0.375 e. The number of rotatable bonds is 7. The molecule has 2 aromatic rings. The number of nitrogens with two attached hydrogens (primary N) is 1. The Hall–Kier alpha value is -1.51. The SMILES string of the molecule is CCOC(C)c1noc(CN(C)Cc2cnc(N)s2)n1. The van der Waals surface area contributed by atoms with Gasteiger partial charge in [-0.05, 0) is 20.9 Å². The molecule has 2 aromatic heterocycles. The second-order valence-electron chi connectivity index (χ2n) is 4.48. The summed E-state index contributed by atoms with van der Waals surface area (Å²) in [6, 6.07) is 0. The van der Waals surface area contributed by atoms with E-state index in [0.717, 1.165) is 11.4 Å². The first-order chi connectivity index (χ1) is 9.58. The maximum absolute atomic E-state index is 5.61. The fraction of sp³-hybridized carbons (Fsp3) is 0.583. The van der Waals surface area contributed by atoms with Crippen LogP contribution in [-0.2, 0) is 17.8 Å². The van der Waals surface area contributed by atoms with Crippen molar-refractivity contribution in [3.05, 3.63) is 22.8 Å². The Morgan fingerprint density at radius 1 is 1.50 bits per heavy atom. The maximum Gasteiger partial charge on any atom is 0.240 e. The zero-order valence-corrected chi connectivity index (χ0v) is 12.7. The van der Waals surface area contributed by atoms with Crippen molar-refractivity contribution in [3.8, 4) is 0 Å². The van der Waals surface area contributed by atoms with Crippen molar-refractivity contribution >= 4 is 16.5 Å². The molecule has 0 amide bonds. The van der Waals surface area contributed by atoms with Crippen LogP contribution in [0.5, 0.6) is 0 Å². The number of anilines is 1. The average Bonchev–Trinajstić information content (AvgIpc) is 2.99. The first-order valence-electron chi connectivity index (χ1n) is 6.41. The summed E-state index contributed by atoms with van der Waals surface area (Å²) >= 11 is 1.48. The van der Waals surface area contributed by atoms with Crippen LogP contribution >= 0.6 is 11.3 Å². The molecule has 110 valence electrons. The third kappa shape index (κ3) is 3.99. The Balaban J connectivity index is 1.89. The monoisotopic (exact) mass is 297 g/mol. The van der Waals surface area contributed by atoms with E-state index in [1.54, 1.807) is 6.20 Å². The number of ether oxygens (including phenoxy) is 1.